The minimum Gasteiger partial charge on any atom is -0.319 e. The van der Waals surface area contributed by atoms with Crippen LogP contribution in [-0.2, 0) is 14.8 Å². The molecule has 0 aliphatic carbocycles. The Kier molecular flexibility index (Phi) is 5.04. The van der Waals surface area contributed by atoms with Crippen molar-refractivity contribution in [2.24, 2.45) is 5.73 Å². The summed E-state index contributed by atoms with van der Waals surface area (Å²) in [6.07, 6.45) is 0. The van der Waals surface area contributed by atoms with E-state index in [1.807, 2.05) is 28.3 Å². The molecule has 1 aromatic carbocycles. The molecule has 0 unspecified atom stereocenters. The van der Waals surface area contributed by atoms with Crippen LogP contribution < -0.4 is 10.5 Å². The van der Waals surface area contributed by atoms with Gasteiger partial charge in [-0.25, -0.2) is 13.1 Å². The number of thiophene rings is 1. The fourth-order valence-corrected chi connectivity index (χ4v) is 3.57. The number of nitrogens with two attached hydrogens (primary N) is 1. The first-order chi connectivity index (χ1) is 9.94. The van der Waals surface area contributed by atoms with Gasteiger partial charge in [0.15, 0.2) is 0 Å². The van der Waals surface area contributed by atoms with E-state index in [1.165, 1.54) is 23.5 Å². The van der Waals surface area contributed by atoms with Crippen LogP contribution in [0.25, 0.3) is 10.4 Å². The van der Waals surface area contributed by atoms with E-state index >= 15 is 0 Å². The highest BCUT2D eigenvalue weighted by Crippen LogP contribution is 2.26. The first-order valence-corrected chi connectivity index (χ1v) is 9.00. The zero-order valence-corrected chi connectivity index (χ0v) is 13.4. The summed E-state index contributed by atoms with van der Waals surface area (Å²) in [5, 5.41) is 1.91. The molecule has 0 saturated heterocycles. The Balaban J connectivity index is 2.29. The van der Waals surface area contributed by atoms with Crippen molar-refractivity contribution in [3.63, 3.8) is 0 Å². The number of amides is 1. The highest BCUT2D eigenvalue weighted by molar-refractivity contribution is 7.90. The summed E-state index contributed by atoms with van der Waals surface area (Å²) in [6.45, 7) is 0. The van der Waals surface area contributed by atoms with Crippen LogP contribution in [0.2, 0.25) is 0 Å². The molecule has 0 bridgehead atoms. The van der Waals surface area contributed by atoms with Gasteiger partial charge < -0.3 is 5.73 Å². The van der Waals surface area contributed by atoms with Gasteiger partial charge in [-0.15, -0.1) is 11.3 Å². The van der Waals surface area contributed by atoms with Crippen LogP contribution in [-0.4, -0.2) is 26.1 Å². The van der Waals surface area contributed by atoms with E-state index in [-0.39, 0.29) is 10.6 Å². The molecule has 1 amide bonds. The standard InChI is InChI=1S/C13H14N2O3S3/c14-11(8-19)13(16)15-21(17,18)10-4-1-3-9(7-10)12-5-2-6-20-12/h1-7,11,19H,8,14H2,(H,15,16)/t11-/m0/s1. The van der Waals surface area contributed by atoms with Crippen LogP contribution in [0.5, 0.6) is 0 Å². The van der Waals surface area contributed by atoms with Crippen LogP contribution in [0.15, 0.2) is 46.7 Å². The van der Waals surface area contributed by atoms with Crippen molar-refractivity contribution < 1.29 is 13.2 Å². The van der Waals surface area contributed by atoms with Crippen molar-refractivity contribution in [3.8, 4) is 10.4 Å². The molecule has 0 aliphatic rings. The summed E-state index contributed by atoms with van der Waals surface area (Å²) in [5.74, 6) is -0.706. The summed E-state index contributed by atoms with van der Waals surface area (Å²) < 4.78 is 26.3. The third kappa shape index (κ3) is 3.85. The highest BCUT2D eigenvalue weighted by Gasteiger charge is 2.21. The van der Waals surface area contributed by atoms with Crippen molar-refractivity contribution in [2.45, 2.75) is 10.9 Å². The number of hydrogen-bond donors (Lipinski definition) is 3. The molecule has 5 nitrogen and oxygen atoms in total. The lowest BCUT2D eigenvalue weighted by Crippen LogP contribution is -2.44. The molecule has 1 atom stereocenters. The van der Waals surface area contributed by atoms with Crippen LogP contribution >= 0.6 is 24.0 Å². The molecule has 3 N–H and O–H groups in total. The Labute approximate surface area is 132 Å². The van der Waals surface area contributed by atoms with E-state index in [1.54, 1.807) is 6.07 Å². The maximum atomic E-state index is 12.2. The number of hydrogen-bond acceptors (Lipinski definition) is 6. The second-order valence-corrected chi connectivity index (χ2v) is 7.26. The van der Waals surface area contributed by atoms with Gasteiger partial charge in [-0.2, -0.15) is 12.6 Å². The molecule has 2 rings (SSSR count). The number of sulfonamides is 1. The van der Waals surface area contributed by atoms with Crippen LogP contribution in [0.3, 0.4) is 0 Å². The van der Waals surface area contributed by atoms with Crippen LogP contribution in [0, 0.1) is 0 Å². The Morgan fingerprint density at radius 3 is 2.71 bits per heavy atom. The number of carbonyl (C=O) groups excluding carboxylic acids is 1. The van der Waals surface area contributed by atoms with Gasteiger partial charge >= 0.3 is 0 Å². The normalized spacial score (nSPS) is 12.9. The lowest BCUT2D eigenvalue weighted by Gasteiger charge is -2.11. The average Bonchev–Trinajstić information content (AvgIpc) is 3.00. The van der Waals surface area contributed by atoms with Crippen LogP contribution in [0.4, 0.5) is 0 Å². The molecule has 112 valence electrons. The minimum atomic E-state index is -3.94. The third-order valence-corrected chi connectivity index (χ3v) is 5.38. The molecule has 0 aliphatic heterocycles. The second-order valence-electron chi connectivity index (χ2n) is 4.26. The fourth-order valence-electron chi connectivity index (χ4n) is 1.61. The molecule has 2 aromatic rings. The molecule has 8 heteroatoms. The predicted molar refractivity (Wildman–Crippen MR) is 86.9 cm³/mol. The van der Waals surface area contributed by atoms with Crippen molar-refractivity contribution in [3.05, 3.63) is 41.8 Å². The smallest absolute Gasteiger partial charge is 0.264 e. The SMILES string of the molecule is N[C@@H](CS)C(=O)NS(=O)(=O)c1cccc(-c2cccs2)c1. The van der Waals surface area contributed by atoms with Crippen molar-refractivity contribution in [1.29, 1.82) is 0 Å². The topological polar surface area (TPSA) is 89.3 Å². The van der Waals surface area contributed by atoms with Gasteiger partial charge in [0.05, 0.1) is 10.9 Å². The number of thiol groups is 1. The Hall–Kier alpha value is -1.35. The summed E-state index contributed by atoms with van der Waals surface area (Å²) >= 11 is 5.37. The first-order valence-electron chi connectivity index (χ1n) is 6.01. The number of nitrogens with one attached hydrogen (secondary N) is 1. The summed E-state index contributed by atoms with van der Waals surface area (Å²) in [6, 6.07) is 9.20. The fraction of sp³-hybridized carbons (Fsp3) is 0.154. The zero-order valence-electron chi connectivity index (χ0n) is 10.9. The predicted octanol–water partition coefficient (Wildman–Crippen LogP) is 1.48. The molecular weight excluding hydrogens is 328 g/mol. The molecule has 0 fully saturated rings. The number of carbonyl (C=O) groups is 1. The highest BCUT2D eigenvalue weighted by atomic mass is 32.2. The van der Waals surface area contributed by atoms with E-state index in [9.17, 15) is 13.2 Å². The molecule has 1 heterocycles. The lowest BCUT2D eigenvalue weighted by molar-refractivity contribution is -0.120. The second kappa shape index (κ2) is 6.61. The van der Waals surface area contributed by atoms with Gasteiger partial charge in [0, 0.05) is 10.6 Å². The Morgan fingerprint density at radius 2 is 2.10 bits per heavy atom. The first kappa shape index (κ1) is 16.0. The molecule has 0 saturated carbocycles. The van der Waals surface area contributed by atoms with Crippen molar-refractivity contribution >= 4 is 39.9 Å². The maximum Gasteiger partial charge on any atom is 0.264 e. The quantitative estimate of drug-likeness (QED) is 0.718. The van der Waals surface area contributed by atoms with Gasteiger partial charge in [0.1, 0.15) is 0 Å². The van der Waals surface area contributed by atoms with Gasteiger partial charge in [0.2, 0.25) is 0 Å². The van der Waals surface area contributed by atoms with Gasteiger partial charge in [0.25, 0.3) is 15.9 Å². The van der Waals surface area contributed by atoms with Gasteiger partial charge in [-0.05, 0) is 29.1 Å². The molecule has 1 aromatic heterocycles. The number of rotatable bonds is 5. The summed E-state index contributed by atoms with van der Waals surface area (Å²) in [5.41, 5.74) is 6.23. The average molecular weight is 342 g/mol. The van der Waals surface area contributed by atoms with E-state index < -0.39 is 22.0 Å². The largest absolute Gasteiger partial charge is 0.319 e. The van der Waals surface area contributed by atoms with E-state index in [0.717, 1.165) is 10.4 Å². The van der Waals surface area contributed by atoms with Gasteiger partial charge in [-0.3, -0.25) is 4.79 Å². The third-order valence-electron chi connectivity index (χ3n) is 2.72. The monoisotopic (exact) mass is 342 g/mol. The Morgan fingerprint density at radius 1 is 1.33 bits per heavy atom. The summed E-state index contributed by atoms with van der Waals surface area (Å²) in [7, 11) is -3.94. The molecule has 21 heavy (non-hydrogen) atoms. The van der Waals surface area contributed by atoms with E-state index in [4.69, 9.17) is 5.73 Å². The molecular formula is C13H14N2O3S3. The maximum absolute atomic E-state index is 12.2. The Bertz CT molecular complexity index is 727. The summed E-state index contributed by atoms with van der Waals surface area (Å²) in [4.78, 5) is 12.6. The van der Waals surface area contributed by atoms with E-state index in [2.05, 4.69) is 12.6 Å². The molecule has 0 radical (unpaired) electrons. The lowest BCUT2D eigenvalue weighted by atomic mass is 10.2. The van der Waals surface area contributed by atoms with Crippen molar-refractivity contribution in [1.82, 2.24) is 4.72 Å². The molecule has 0 spiro atoms. The number of benzene rings is 1. The van der Waals surface area contributed by atoms with Gasteiger partial charge in [-0.1, -0.05) is 18.2 Å². The zero-order chi connectivity index (χ0) is 15.5. The minimum absolute atomic E-state index is 0.0214. The van der Waals surface area contributed by atoms with Crippen LogP contribution in [0.1, 0.15) is 0 Å². The van der Waals surface area contributed by atoms with E-state index in [0.29, 0.717) is 0 Å². The van der Waals surface area contributed by atoms with Crippen molar-refractivity contribution in [2.75, 3.05) is 5.75 Å².